The van der Waals surface area contributed by atoms with Gasteiger partial charge in [0, 0.05) is 11.3 Å². The maximum absolute atomic E-state index is 6.02. The molecule has 17 heavy (non-hydrogen) atoms. The molecule has 1 aromatic rings. The van der Waals surface area contributed by atoms with Crippen LogP contribution in [0.3, 0.4) is 0 Å². The number of halogens is 1. The molecule has 0 atom stereocenters. The second-order valence-electron chi connectivity index (χ2n) is 5.97. The first-order valence-corrected chi connectivity index (χ1v) is 7.33. The number of benzene rings is 1. The minimum atomic E-state index is 0.0899. The van der Waals surface area contributed by atoms with Crippen molar-refractivity contribution in [3.05, 3.63) is 35.4 Å². The maximum atomic E-state index is 6.02. The van der Waals surface area contributed by atoms with Crippen LogP contribution in [0.25, 0.3) is 0 Å². The van der Waals surface area contributed by atoms with E-state index in [1.807, 2.05) is 0 Å². The van der Waals surface area contributed by atoms with Crippen molar-refractivity contribution >= 4 is 11.6 Å². The average Bonchev–Trinajstić information content (AvgIpc) is 2.40. The fourth-order valence-electron chi connectivity index (χ4n) is 2.72. The molecule has 0 bridgehead atoms. The summed E-state index contributed by atoms with van der Waals surface area (Å²) in [4.78, 5) is 0. The molecule has 0 heterocycles. The van der Waals surface area contributed by atoms with Crippen molar-refractivity contribution in [3.63, 3.8) is 0 Å². The first-order valence-electron chi connectivity index (χ1n) is 6.80. The molecule has 0 aliphatic heterocycles. The lowest BCUT2D eigenvalue weighted by atomic mass is 9.81. The molecule has 0 radical (unpaired) electrons. The first-order chi connectivity index (χ1) is 8.13. The van der Waals surface area contributed by atoms with E-state index in [1.54, 1.807) is 0 Å². The number of hydrogen-bond donors (Lipinski definition) is 0. The van der Waals surface area contributed by atoms with Crippen LogP contribution in [0.4, 0.5) is 0 Å². The van der Waals surface area contributed by atoms with Gasteiger partial charge in [0.15, 0.2) is 0 Å². The summed E-state index contributed by atoms with van der Waals surface area (Å²) >= 11 is 6.02. The van der Waals surface area contributed by atoms with Crippen LogP contribution >= 0.6 is 11.6 Å². The van der Waals surface area contributed by atoms with E-state index in [1.165, 1.54) is 43.2 Å². The third-order valence-corrected chi connectivity index (χ3v) is 4.77. The lowest BCUT2D eigenvalue weighted by molar-refractivity contribution is 0.443. The quantitative estimate of drug-likeness (QED) is 0.643. The normalized spacial score (nSPS) is 18.3. The Balaban J connectivity index is 2.12. The largest absolute Gasteiger partial charge is 0.126 e. The molecule has 0 unspecified atom stereocenters. The molecule has 1 aliphatic carbocycles. The third-order valence-electron chi connectivity index (χ3n) is 4.10. The standard InChI is InChI=1S/C16H23Cl/c1-16(2,12-17)15-10-8-14(9-11-15)13-6-4-3-5-7-13/h8-11,13H,3-7,12H2,1-2H3. The Hall–Kier alpha value is -0.490. The van der Waals surface area contributed by atoms with Crippen molar-refractivity contribution < 1.29 is 0 Å². The van der Waals surface area contributed by atoms with Gasteiger partial charge in [0.1, 0.15) is 0 Å². The van der Waals surface area contributed by atoms with E-state index in [-0.39, 0.29) is 5.41 Å². The van der Waals surface area contributed by atoms with Crippen LogP contribution in [0.1, 0.15) is 63.0 Å². The van der Waals surface area contributed by atoms with Crippen LogP contribution in [0.5, 0.6) is 0 Å². The van der Waals surface area contributed by atoms with Gasteiger partial charge in [0.25, 0.3) is 0 Å². The predicted octanol–water partition coefficient (Wildman–Crippen LogP) is 5.25. The summed E-state index contributed by atoms with van der Waals surface area (Å²) in [6.45, 7) is 4.41. The van der Waals surface area contributed by atoms with Crippen LogP contribution in [0.2, 0.25) is 0 Å². The van der Waals surface area contributed by atoms with Crippen molar-refractivity contribution in [2.45, 2.75) is 57.3 Å². The molecule has 0 nitrogen and oxygen atoms in total. The summed E-state index contributed by atoms with van der Waals surface area (Å²) in [7, 11) is 0. The van der Waals surface area contributed by atoms with Gasteiger partial charge >= 0.3 is 0 Å². The molecule has 0 N–H and O–H groups in total. The molecule has 0 saturated heterocycles. The average molecular weight is 251 g/mol. The van der Waals surface area contributed by atoms with Gasteiger partial charge in [-0.3, -0.25) is 0 Å². The lowest BCUT2D eigenvalue weighted by Crippen LogP contribution is -2.19. The van der Waals surface area contributed by atoms with Gasteiger partial charge in [0.2, 0.25) is 0 Å². The summed E-state index contributed by atoms with van der Waals surface area (Å²) in [5.41, 5.74) is 2.97. The second-order valence-corrected chi connectivity index (χ2v) is 6.24. The molecular weight excluding hydrogens is 228 g/mol. The maximum Gasteiger partial charge on any atom is 0.0315 e. The topological polar surface area (TPSA) is 0 Å². The SMILES string of the molecule is CC(C)(CCl)c1ccc(C2CCCCC2)cc1. The molecule has 1 aliphatic rings. The van der Waals surface area contributed by atoms with Gasteiger partial charge in [-0.1, -0.05) is 57.4 Å². The monoisotopic (exact) mass is 250 g/mol. The molecule has 0 aromatic heterocycles. The van der Waals surface area contributed by atoms with Crippen LogP contribution < -0.4 is 0 Å². The van der Waals surface area contributed by atoms with Gasteiger partial charge in [0.05, 0.1) is 0 Å². The Kier molecular flexibility index (Phi) is 4.14. The van der Waals surface area contributed by atoms with Crippen molar-refractivity contribution in [2.75, 3.05) is 5.88 Å². The Labute approximate surface area is 110 Å². The minimum Gasteiger partial charge on any atom is -0.126 e. The highest BCUT2D eigenvalue weighted by atomic mass is 35.5. The summed E-state index contributed by atoms with van der Waals surface area (Å²) in [6, 6.07) is 9.18. The van der Waals surface area contributed by atoms with Gasteiger partial charge in [-0.2, -0.15) is 0 Å². The highest BCUT2D eigenvalue weighted by Crippen LogP contribution is 2.33. The second kappa shape index (κ2) is 5.44. The van der Waals surface area contributed by atoms with Crippen molar-refractivity contribution in [1.82, 2.24) is 0 Å². The Morgan fingerprint density at radius 1 is 1.06 bits per heavy atom. The molecule has 94 valence electrons. The predicted molar refractivity (Wildman–Crippen MR) is 76.0 cm³/mol. The molecule has 1 fully saturated rings. The van der Waals surface area contributed by atoms with Crippen molar-refractivity contribution in [3.8, 4) is 0 Å². The Bertz CT molecular complexity index is 344. The van der Waals surface area contributed by atoms with Crippen LogP contribution in [0.15, 0.2) is 24.3 Å². The zero-order valence-corrected chi connectivity index (χ0v) is 11.8. The molecule has 1 aromatic carbocycles. The zero-order chi connectivity index (χ0) is 12.3. The van der Waals surface area contributed by atoms with E-state index in [2.05, 4.69) is 38.1 Å². The zero-order valence-electron chi connectivity index (χ0n) is 11.0. The van der Waals surface area contributed by atoms with E-state index in [0.717, 1.165) is 5.92 Å². The smallest absolute Gasteiger partial charge is 0.0315 e. The molecular formula is C16H23Cl. The van der Waals surface area contributed by atoms with E-state index in [0.29, 0.717) is 5.88 Å². The Morgan fingerprint density at radius 2 is 1.65 bits per heavy atom. The molecule has 2 rings (SSSR count). The molecule has 1 saturated carbocycles. The Morgan fingerprint density at radius 3 is 2.18 bits per heavy atom. The van der Waals surface area contributed by atoms with Crippen molar-refractivity contribution in [1.29, 1.82) is 0 Å². The number of rotatable bonds is 3. The van der Waals surface area contributed by atoms with Crippen molar-refractivity contribution in [2.24, 2.45) is 0 Å². The van der Waals surface area contributed by atoms with Gasteiger partial charge in [-0.15, -0.1) is 11.6 Å². The van der Waals surface area contributed by atoms with Crippen LogP contribution in [-0.2, 0) is 5.41 Å². The summed E-state index contributed by atoms with van der Waals surface area (Å²) in [5, 5.41) is 0. The first kappa shape index (κ1) is 13.0. The lowest BCUT2D eigenvalue weighted by Gasteiger charge is -2.25. The summed E-state index contributed by atoms with van der Waals surface area (Å²) in [5.74, 6) is 1.48. The molecule has 0 spiro atoms. The highest BCUT2D eigenvalue weighted by molar-refractivity contribution is 6.18. The molecule has 0 amide bonds. The highest BCUT2D eigenvalue weighted by Gasteiger charge is 2.20. The summed E-state index contributed by atoms with van der Waals surface area (Å²) < 4.78 is 0. The van der Waals surface area contributed by atoms with Crippen LogP contribution in [0, 0.1) is 0 Å². The fourth-order valence-corrected chi connectivity index (χ4v) is 2.87. The molecule has 1 heteroatoms. The van der Waals surface area contributed by atoms with E-state index in [4.69, 9.17) is 11.6 Å². The minimum absolute atomic E-state index is 0.0899. The number of alkyl halides is 1. The van der Waals surface area contributed by atoms with Gasteiger partial charge in [-0.05, 0) is 29.9 Å². The summed E-state index contributed by atoms with van der Waals surface area (Å²) in [6.07, 6.45) is 6.98. The van der Waals surface area contributed by atoms with Gasteiger partial charge in [-0.25, -0.2) is 0 Å². The number of hydrogen-bond acceptors (Lipinski definition) is 0. The van der Waals surface area contributed by atoms with E-state index < -0.39 is 0 Å². The van der Waals surface area contributed by atoms with Gasteiger partial charge < -0.3 is 0 Å². The van der Waals surface area contributed by atoms with E-state index in [9.17, 15) is 0 Å². The third kappa shape index (κ3) is 3.04. The van der Waals surface area contributed by atoms with E-state index >= 15 is 0 Å². The fraction of sp³-hybridized carbons (Fsp3) is 0.625. The van der Waals surface area contributed by atoms with Crippen LogP contribution in [-0.4, -0.2) is 5.88 Å².